The van der Waals surface area contributed by atoms with Crippen LogP contribution in [0.25, 0.3) is 0 Å². The summed E-state index contributed by atoms with van der Waals surface area (Å²) in [4.78, 5) is 21.7. The van der Waals surface area contributed by atoms with Crippen LogP contribution in [0.2, 0.25) is 5.02 Å². The summed E-state index contributed by atoms with van der Waals surface area (Å²) in [6.07, 6.45) is 0.183. The van der Waals surface area contributed by atoms with Gasteiger partial charge in [0.2, 0.25) is 0 Å². The van der Waals surface area contributed by atoms with Crippen LogP contribution in [0.15, 0.2) is 36.4 Å². The second kappa shape index (κ2) is 6.81. The van der Waals surface area contributed by atoms with E-state index in [9.17, 15) is 9.59 Å². The summed E-state index contributed by atoms with van der Waals surface area (Å²) in [6, 6.07) is 7.25. The number of carboxylic acids is 1. The minimum absolute atomic E-state index is 0.162. The van der Waals surface area contributed by atoms with Gasteiger partial charge in [-0.1, -0.05) is 36.4 Å². The van der Waals surface area contributed by atoms with Crippen LogP contribution in [0, 0.1) is 0 Å². The monoisotopic (exact) mass is 268 g/mol. The van der Waals surface area contributed by atoms with Crippen LogP contribution < -0.4 is 0 Å². The molecule has 0 unspecified atom stereocenters. The van der Waals surface area contributed by atoms with Crippen molar-refractivity contribution in [2.45, 2.75) is 12.8 Å². The molecule has 1 aromatic rings. The Kier molecular flexibility index (Phi) is 5.39. The first-order valence-corrected chi connectivity index (χ1v) is 5.68. The van der Waals surface area contributed by atoms with E-state index >= 15 is 0 Å². The second-order valence-corrected chi connectivity index (χ2v) is 4.05. The Balaban J connectivity index is 2.34. The lowest BCUT2D eigenvalue weighted by atomic mass is 10.2. The third-order valence-corrected chi connectivity index (χ3v) is 2.62. The second-order valence-electron chi connectivity index (χ2n) is 3.65. The summed E-state index contributed by atoms with van der Waals surface area (Å²) in [5.41, 5.74) is 0.696. The lowest BCUT2D eigenvalue weighted by Crippen LogP contribution is -2.11. The van der Waals surface area contributed by atoms with E-state index < -0.39 is 11.9 Å². The van der Waals surface area contributed by atoms with Crippen LogP contribution in [-0.2, 0) is 20.7 Å². The van der Waals surface area contributed by atoms with Crippen molar-refractivity contribution < 1.29 is 19.4 Å². The highest BCUT2D eigenvalue weighted by molar-refractivity contribution is 6.31. The van der Waals surface area contributed by atoms with Crippen LogP contribution >= 0.6 is 11.6 Å². The third kappa shape index (κ3) is 4.59. The topological polar surface area (TPSA) is 63.6 Å². The molecule has 0 amide bonds. The number of carbonyl (C=O) groups excluding carboxylic acids is 1. The van der Waals surface area contributed by atoms with Crippen LogP contribution in [0.4, 0.5) is 0 Å². The number of halogens is 1. The van der Waals surface area contributed by atoms with E-state index in [1.165, 1.54) is 0 Å². The highest BCUT2D eigenvalue weighted by Crippen LogP contribution is 2.15. The molecule has 0 radical (unpaired) electrons. The fourth-order valence-corrected chi connectivity index (χ4v) is 1.51. The molecule has 18 heavy (non-hydrogen) atoms. The summed E-state index contributed by atoms with van der Waals surface area (Å²) in [7, 11) is 0. The van der Waals surface area contributed by atoms with Crippen molar-refractivity contribution in [3.05, 3.63) is 47.0 Å². The minimum atomic E-state index is -1.20. The Bertz CT molecular complexity index is 468. The number of hydrogen-bond acceptors (Lipinski definition) is 3. The van der Waals surface area contributed by atoms with E-state index in [-0.39, 0.29) is 18.6 Å². The number of carbonyl (C=O) groups is 2. The van der Waals surface area contributed by atoms with Gasteiger partial charge in [0, 0.05) is 17.0 Å². The van der Waals surface area contributed by atoms with Gasteiger partial charge >= 0.3 is 11.9 Å². The van der Waals surface area contributed by atoms with Crippen molar-refractivity contribution in [2.24, 2.45) is 0 Å². The smallest absolute Gasteiger partial charge is 0.331 e. The standard InChI is InChI=1S/C13H13ClO4/c1-9(13(16)17)8-12(15)18-7-6-10-4-2-3-5-11(10)14/h2-5H,1,6-8H2,(H,16,17). The predicted molar refractivity (Wildman–Crippen MR) is 67.5 cm³/mol. The number of hydrogen-bond donors (Lipinski definition) is 1. The normalized spacial score (nSPS) is 9.83. The molecule has 0 aliphatic carbocycles. The highest BCUT2D eigenvalue weighted by Gasteiger charge is 2.11. The van der Waals surface area contributed by atoms with Crippen molar-refractivity contribution >= 4 is 23.5 Å². The summed E-state index contributed by atoms with van der Waals surface area (Å²) in [5, 5.41) is 9.16. The molecule has 0 spiro atoms. The van der Waals surface area contributed by atoms with Crippen molar-refractivity contribution in [2.75, 3.05) is 6.61 Å². The number of esters is 1. The Hall–Kier alpha value is -1.81. The van der Waals surface area contributed by atoms with Crippen LogP contribution in [-0.4, -0.2) is 23.7 Å². The van der Waals surface area contributed by atoms with Gasteiger partial charge in [-0.25, -0.2) is 4.79 Å². The van der Waals surface area contributed by atoms with Gasteiger partial charge in [0.15, 0.2) is 0 Å². The fraction of sp³-hybridized carbons (Fsp3) is 0.231. The lowest BCUT2D eigenvalue weighted by molar-refractivity contribution is -0.144. The molecule has 0 heterocycles. The molecule has 5 heteroatoms. The zero-order chi connectivity index (χ0) is 13.5. The van der Waals surface area contributed by atoms with E-state index in [0.717, 1.165) is 5.56 Å². The van der Waals surface area contributed by atoms with E-state index in [2.05, 4.69) is 6.58 Å². The Morgan fingerprint density at radius 1 is 1.33 bits per heavy atom. The molecule has 4 nitrogen and oxygen atoms in total. The molecule has 0 fully saturated rings. The zero-order valence-electron chi connectivity index (χ0n) is 9.69. The molecule has 96 valence electrons. The van der Waals surface area contributed by atoms with E-state index in [1.807, 2.05) is 18.2 Å². The maximum Gasteiger partial charge on any atom is 0.331 e. The fourth-order valence-electron chi connectivity index (χ4n) is 1.28. The van der Waals surface area contributed by atoms with Gasteiger partial charge < -0.3 is 9.84 Å². The SMILES string of the molecule is C=C(CC(=O)OCCc1ccccc1Cl)C(=O)O. The minimum Gasteiger partial charge on any atom is -0.478 e. The molecule has 0 bridgehead atoms. The van der Waals surface area contributed by atoms with Gasteiger partial charge in [0.1, 0.15) is 0 Å². The van der Waals surface area contributed by atoms with E-state index in [1.54, 1.807) is 6.07 Å². The van der Waals surface area contributed by atoms with Crippen LogP contribution in [0.5, 0.6) is 0 Å². The largest absolute Gasteiger partial charge is 0.478 e. The average Bonchev–Trinajstić information content (AvgIpc) is 2.31. The van der Waals surface area contributed by atoms with E-state index in [0.29, 0.717) is 11.4 Å². The van der Waals surface area contributed by atoms with Gasteiger partial charge in [-0.05, 0) is 11.6 Å². The quantitative estimate of drug-likeness (QED) is 0.636. The third-order valence-electron chi connectivity index (χ3n) is 2.25. The predicted octanol–water partition coefficient (Wildman–Crippen LogP) is 2.46. The maximum absolute atomic E-state index is 11.3. The first-order valence-electron chi connectivity index (χ1n) is 5.31. The van der Waals surface area contributed by atoms with Crippen molar-refractivity contribution in [1.29, 1.82) is 0 Å². The Morgan fingerprint density at radius 2 is 2.00 bits per heavy atom. The lowest BCUT2D eigenvalue weighted by Gasteiger charge is -2.06. The molecule has 0 atom stereocenters. The summed E-state index contributed by atoms with van der Waals surface area (Å²) in [6.45, 7) is 3.42. The van der Waals surface area contributed by atoms with Gasteiger partial charge in [-0.3, -0.25) is 4.79 Å². The molecule has 0 aromatic heterocycles. The number of ether oxygens (including phenoxy) is 1. The molecule has 0 aliphatic rings. The summed E-state index contributed by atoms with van der Waals surface area (Å²) < 4.78 is 4.90. The molecular weight excluding hydrogens is 256 g/mol. The van der Waals surface area contributed by atoms with Gasteiger partial charge in [0.25, 0.3) is 0 Å². The Labute approximate surface area is 110 Å². The molecule has 0 saturated heterocycles. The zero-order valence-corrected chi connectivity index (χ0v) is 10.4. The molecule has 0 aliphatic heterocycles. The highest BCUT2D eigenvalue weighted by atomic mass is 35.5. The van der Waals surface area contributed by atoms with E-state index in [4.69, 9.17) is 21.4 Å². The summed E-state index contributed by atoms with van der Waals surface area (Å²) >= 11 is 5.93. The maximum atomic E-state index is 11.3. The van der Waals surface area contributed by atoms with Crippen LogP contribution in [0.3, 0.4) is 0 Å². The van der Waals surface area contributed by atoms with Crippen molar-refractivity contribution in [1.82, 2.24) is 0 Å². The molecule has 1 N–H and O–H groups in total. The number of benzene rings is 1. The van der Waals surface area contributed by atoms with Gasteiger partial charge in [0.05, 0.1) is 13.0 Å². The average molecular weight is 269 g/mol. The molecule has 0 saturated carbocycles. The first-order chi connectivity index (χ1) is 8.50. The first kappa shape index (κ1) is 14.3. The van der Waals surface area contributed by atoms with Crippen molar-refractivity contribution in [3.63, 3.8) is 0 Å². The number of aliphatic carboxylic acids is 1. The van der Waals surface area contributed by atoms with Gasteiger partial charge in [-0.15, -0.1) is 0 Å². The number of rotatable bonds is 6. The molecule has 1 rings (SSSR count). The van der Waals surface area contributed by atoms with Crippen LogP contribution in [0.1, 0.15) is 12.0 Å². The molecular formula is C13H13ClO4. The summed E-state index contributed by atoms with van der Waals surface area (Å²) in [5.74, 6) is -1.80. The molecule has 1 aromatic carbocycles. The van der Waals surface area contributed by atoms with Gasteiger partial charge in [-0.2, -0.15) is 0 Å². The Morgan fingerprint density at radius 3 is 2.61 bits per heavy atom. The van der Waals surface area contributed by atoms with Crippen molar-refractivity contribution in [3.8, 4) is 0 Å². The number of carboxylic acid groups (broad SMARTS) is 1.